The van der Waals surface area contributed by atoms with Gasteiger partial charge in [-0.2, -0.15) is 0 Å². The number of nitrogens with one attached hydrogen (secondary N) is 1. The number of hydrogen-bond donors (Lipinski definition) is 1. The van der Waals surface area contributed by atoms with Crippen molar-refractivity contribution in [3.05, 3.63) is 0 Å². The fraction of sp³-hybridized carbons (Fsp3) is 0.941. The van der Waals surface area contributed by atoms with Crippen LogP contribution in [0.2, 0.25) is 0 Å². The highest BCUT2D eigenvalue weighted by atomic mass is 16.5. The lowest BCUT2D eigenvalue weighted by molar-refractivity contribution is -0.151. The molecular formula is C17H31NO3. The lowest BCUT2D eigenvalue weighted by Crippen LogP contribution is -2.56. The number of carbonyl (C=O) groups is 1. The van der Waals surface area contributed by atoms with Crippen LogP contribution in [-0.4, -0.2) is 37.4 Å². The summed E-state index contributed by atoms with van der Waals surface area (Å²) in [6.07, 6.45) is 6.67. The third-order valence-electron chi connectivity index (χ3n) is 5.20. The first-order chi connectivity index (χ1) is 9.99. The Hall–Kier alpha value is -0.610. The van der Waals surface area contributed by atoms with Crippen LogP contribution in [-0.2, 0) is 14.3 Å². The standard InChI is InChI=1S/C17H31NO3/c1-12(2)13(3)21-11-9-14-6-5-10-17(14,16(19)20-4)18-15-7-8-15/h12-15,18H,5-11H2,1-4H3. The van der Waals surface area contributed by atoms with Crippen molar-refractivity contribution in [1.29, 1.82) is 0 Å². The molecule has 2 rings (SSSR count). The lowest BCUT2D eigenvalue weighted by Gasteiger charge is -2.34. The zero-order chi connectivity index (χ0) is 15.5. The van der Waals surface area contributed by atoms with Gasteiger partial charge in [-0.3, -0.25) is 10.1 Å². The number of esters is 1. The molecule has 2 aliphatic rings. The summed E-state index contributed by atoms with van der Waals surface area (Å²) < 4.78 is 11.0. The van der Waals surface area contributed by atoms with Gasteiger partial charge in [0.1, 0.15) is 5.54 Å². The second kappa shape index (κ2) is 7.10. The van der Waals surface area contributed by atoms with E-state index in [0.29, 0.717) is 17.9 Å². The van der Waals surface area contributed by atoms with E-state index < -0.39 is 5.54 Å². The minimum atomic E-state index is -0.458. The van der Waals surface area contributed by atoms with Gasteiger partial charge in [-0.05, 0) is 50.9 Å². The molecule has 2 saturated carbocycles. The first-order valence-electron chi connectivity index (χ1n) is 8.47. The Morgan fingerprint density at radius 3 is 2.57 bits per heavy atom. The van der Waals surface area contributed by atoms with Crippen LogP contribution in [0.15, 0.2) is 0 Å². The van der Waals surface area contributed by atoms with Crippen LogP contribution < -0.4 is 5.32 Å². The van der Waals surface area contributed by atoms with E-state index >= 15 is 0 Å². The maximum absolute atomic E-state index is 12.4. The second-order valence-corrected chi connectivity index (χ2v) is 7.08. The van der Waals surface area contributed by atoms with Gasteiger partial charge in [0.2, 0.25) is 0 Å². The van der Waals surface area contributed by atoms with E-state index in [1.54, 1.807) is 0 Å². The molecule has 0 amide bonds. The van der Waals surface area contributed by atoms with Crippen LogP contribution in [0.1, 0.15) is 59.3 Å². The molecule has 122 valence electrons. The largest absolute Gasteiger partial charge is 0.468 e. The molecule has 3 unspecified atom stereocenters. The predicted octanol–water partition coefficient (Wildman–Crippen LogP) is 2.90. The SMILES string of the molecule is COC(=O)C1(NC2CC2)CCCC1CCOC(C)C(C)C. The third-order valence-corrected chi connectivity index (χ3v) is 5.20. The summed E-state index contributed by atoms with van der Waals surface area (Å²) in [5, 5.41) is 3.60. The van der Waals surface area contributed by atoms with Gasteiger partial charge < -0.3 is 9.47 Å². The highest BCUT2D eigenvalue weighted by Gasteiger charge is 2.51. The number of rotatable bonds is 8. The van der Waals surface area contributed by atoms with Crippen LogP contribution in [0.4, 0.5) is 0 Å². The van der Waals surface area contributed by atoms with Crippen molar-refractivity contribution >= 4 is 5.97 Å². The van der Waals surface area contributed by atoms with Gasteiger partial charge in [0.05, 0.1) is 13.2 Å². The maximum atomic E-state index is 12.4. The number of carbonyl (C=O) groups excluding carboxylic acids is 1. The molecule has 0 aromatic carbocycles. The molecule has 0 aromatic heterocycles. The van der Waals surface area contributed by atoms with Crippen molar-refractivity contribution in [3.8, 4) is 0 Å². The van der Waals surface area contributed by atoms with E-state index in [1.807, 2.05) is 0 Å². The molecule has 21 heavy (non-hydrogen) atoms. The zero-order valence-electron chi connectivity index (χ0n) is 14.0. The molecule has 0 radical (unpaired) electrons. The fourth-order valence-corrected chi connectivity index (χ4v) is 3.35. The highest BCUT2D eigenvalue weighted by Crippen LogP contribution is 2.41. The Kier molecular flexibility index (Phi) is 5.67. The van der Waals surface area contributed by atoms with Crippen molar-refractivity contribution in [1.82, 2.24) is 5.32 Å². The maximum Gasteiger partial charge on any atom is 0.326 e. The molecular weight excluding hydrogens is 266 g/mol. The van der Waals surface area contributed by atoms with E-state index in [0.717, 1.165) is 32.3 Å². The Labute approximate surface area is 129 Å². The normalized spacial score (nSPS) is 30.6. The number of hydrogen-bond acceptors (Lipinski definition) is 4. The summed E-state index contributed by atoms with van der Waals surface area (Å²) in [6, 6.07) is 0.514. The molecule has 3 atom stereocenters. The molecule has 0 heterocycles. The number of methoxy groups -OCH3 is 1. The smallest absolute Gasteiger partial charge is 0.326 e. The summed E-state index contributed by atoms with van der Waals surface area (Å²) in [5.41, 5.74) is -0.458. The summed E-state index contributed by atoms with van der Waals surface area (Å²) in [6.45, 7) is 7.20. The van der Waals surface area contributed by atoms with Crippen molar-refractivity contribution in [2.45, 2.75) is 77.0 Å². The molecule has 0 saturated heterocycles. The molecule has 0 aliphatic heterocycles. The van der Waals surface area contributed by atoms with Gasteiger partial charge in [0, 0.05) is 12.6 Å². The zero-order valence-corrected chi connectivity index (χ0v) is 14.0. The van der Waals surface area contributed by atoms with E-state index in [9.17, 15) is 4.79 Å². The van der Waals surface area contributed by atoms with Gasteiger partial charge in [-0.15, -0.1) is 0 Å². The minimum absolute atomic E-state index is 0.0752. The molecule has 0 bridgehead atoms. The lowest BCUT2D eigenvalue weighted by atomic mass is 9.84. The topological polar surface area (TPSA) is 47.6 Å². The van der Waals surface area contributed by atoms with Crippen molar-refractivity contribution in [3.63, 3.8) is 0 Å². The van der Waals surface area contributed by atoms with Gasteiger partial charge >= 0.3 is 5.97 Å². The predicted molar refractivity (Wildman–Crippen MR) is 83.1 cm³/mol. The Bertz CT molecular complexity index is 354. The van der Waals surface area contributed by atoms with Crippen LogP contribution in [0.25, 0.3) is 0 Å². The molecule has 1 N–H and O–H groups in total. The average molecular weight is 297 g/mol. The van der Waals surface area contributed by atoms with Crippen molar-refractivity contribution < 1.29 is 14.3 Å². The Balaban J connectivity index is 1.93. The van der Waals surface area contributed by atoms with Gasteiger partial charge in [0.15, 0.2) is 0 Å². The second-order valence-electron chi connectivity index (χ2n) is 7.08. The molecule has 4 nitrogen and oxygen atoms in total. The van der Waals surface area contributed by atoms with Gasteiger partial charge in [-0.1, -0.05) is 20.3 Å². The van der Waals surface area contributed by atoms with Gasteiger partial charge in [-0.25, -0.2) is 0 Å². The Morgan fingerprint density at radius 1 is 1.29 bits per heavy atom. The number of ether oxygens (including phenoxy) is 2. The molecule has 0 aromatic rings. The summed E-state index contributed by atoms with van der Waals surface area (Å²) in [5.74, 6) is 0.794. The quantitative estimate of drug-likeness (QED) is 0.700. The van der Waals surface area contributed by atoms with Gasteiger partial charge in [0.25, 0.3) is 0 Å². The van der Waals surface area contributed by atoms with Crippen LogP contribution in [0.5, 0.6) is 0 Å². The molecule has 0 spiro atoms. The molecule has 4 heteroatoms. The first-order valence-corrected chi connectivity index (χ1v) is 8.47. The molecule has 2 fully saturated rings. The summed E-state index contributed by atoms with van der Waals surface area (Å²) in [4.78, 5) is 12.4. The first kappa shape index (κ1) is 16.8. The van der Waals surface area contributed by atoms with E-state index in [2.05, 4.69) is 26.1 Å². The van der Waals surface area contributed by atoms with Crippen LogP contribution >= 0.6 is 0 Å². The minimum Gasteiger partial charge on any atom is -0.468 e. The third kappa shape index (κ3) is 3.98. The molecule has 2 aliphatic carbocycles. The summed E-state index contributed by atoms with van der Waals surface area (Å²) in [7, 11) is 1.51. The fourth-order valence-electron chi connectivity index (χ4n) is 3.35. The van der Waals surface area contributed by atoms with Crippen molar-refractivity contribution in [2.24, 2.45) is 11.8 Å². The van der Waals surface area contributed by atoms with Crippen LogP contribution in [0, 0.1) is 11.8 Å². The Morgan fingerprint density at radius 2 is 2.00 bits per heavy atom. The monoisotopic (exact) mass is 297 g/mol. The van der Waals surface area contributed by atoms with E-state index in [4.69, 9.17) is 9.47 Å². The van der Waals surface area contributed by atoms with E-state index in [-0.39, 0.29) is 12.1 Å². The van der Waals surface area contributed by atoms with Crippen molar-refractivity contribution in [2.75, 3.05) is 13.7 Å². The summed E-state index contributed by atoms with van der Waals surface area (Å²) >= 11 is 0. The van der Waals surface area contributed by atoms with E-state index in [1.165, 1.54) is 20.0 Å². The van der Waals surface area contributed by atoms with Crippen LogP contribution in [0.3, 0.4) is 0 Å². The highest BCUT2D eigenvalue weighted by molar-refractivity contribution is 5.81. The average Bonchev–Trinajstić information content (AvgIpc) is 3.18.